The molecule has 1 aromatic rings. The summed E-state index contributed by atoms with van der Waals surface area (Å²) < 4.78 is 5.39. The number of imide groups is 1. The van der Waals surface area contributed by atoms with Crippen molar-refractivity contribution < 1.29 is 23.9 Å². The Kier molecular flexibility index (Phi) is 5.71. The topological polar surface area (TPSA) is 80.8 Å². The van der Waals surface area contributed by atoms with Crippen LogP contribution < -0.4 is 0 Å². The lowest BCUT2D eigenvalue weighted by Crippen LogP contribution is -2.47. The zero-order chi connectivity index (χ0) is 23.4. The minimum absolute atomic E-state index is 0.107. The van der Waals surface area contributed by atoms with Crippen LogP contribution in [0.2, 0.25) is 0 Å². The van der Waals surface area contributed by atoms with E-state index in [1.54, 1.807) is 23.9 Å². The Balaban J connectivity index is 1.31. The molecule has 1 aromatic carbocycles. The van der Waals surface area contributed by atoms with Crippen LogP contribution >= 0.6 is 11.8 Å². The van der Waals surface area contributed by atoms with Gasteiger partial charge >= 0.3 is 5.97 Å². The summed E-state index contributed by atoms with van der Waals surface area (Å²) in [5.41, 5.74) is 2.55. The molecular formula is C26H29NO5S. The molecule has 3 fully saturated rings. The van der Waals surface area contributed by atoms with Crippen molar-refractivity contribution >= 4 is 35.3 Å². The van der Waals surface area contributed by atoms with E-state index in [0.717, 1.165) is 17.5 Å². The molecule has 2 saturated carbocycles. The first-order chi connectivity index (χ1) is 15.8. The highest BCUT2D eigenvalue weighted by molar-refractivity contribution is 7.98. The molecule has 4 aliphatic carbocycles. The van der Waals surface area contributed by atoms with Crippen LogP contribution in [0.1, 0.15) is 34.3 Å². The third kappa shape index (κ3) is 3.65. The lowest BCUT2D eigenvalue weighted by molar-refractivity contribution is -0.158. The molecule has 7 heteroatoms. The molecule has 2 amide bonds. The molecule has 0 aromatic heterocycles. The Hall–Kier alpha value is -2.41. The van der Waals surface area contributed by atoms with E-state index in [1.165, 1.54) is 4.90 Å². The monoisotopic (exact) mass is 467 g/mol. The molecule has 7 atom stereocenters. The molecule has 0 N–H and O–H groups in total. The number of benzene rings is 1. The molecule has 33 heavy (non-hydrogen) atoms. The third-order valence-electron chi connectivity index (χ3n) is 8.05. The van der Waals surface area contributed by atoms with Gasteiger partial charge in [-0.2, -0.15) is 11.8 Å². The minimum atomic E-state index is -0.980. The van der Waals surface area contributed by atoms with Gasteiger partial charge in [-0.25, -0.2) is 4.79 Å². The summed E-state index contributed by atoms with van der Waals surface area (Å²) in [6.45, 7) is 3.48. The number of hydrogen-bond donors (Lipinski definition) is 0. The van der Waals surface area contributed by atoms with Crippen molar-refractivity contribution in [2.75, 3.05) is 18.6 Å². The van der Waals surface area contributed by atoms with Gasteiger partial charge in [0.05, 0.1) is 11.8 Å². The molecule has 0 unspecified atom stereocenters. The molecule has 6 rings (SSSR count). The lowest BCUT2D eigenvalue weighted by atomic mass is 9.63. The van der Waals surface area contributed by atoms with E-state index in [-0.39, 0.29) is 41.3 Å². The Morgan fingerprint density at radius 3 is 2.27 bits per heavy atom. The maximum Gasteiger partial charge on any atom is 0.329 e. The number of allylic oxidation sites excluding steroid dienone is 2. The number of ether oxygens (including phenoxy) is 1. The van der Waals surface area contributed by atoms with E-state index in [2.05, 4.69) is 12.2 Å². The lowest BCUT2D eigenvalue weighted by Gasteiger charge is -2.37. The van der Waals surface area contributed by atoms with Gasteiger partial charge in [0, 0.05) is 5.56 Å². The van der Waals surface area contributed by atoms with Crippen LogP contribution in [-0.2, 0) is 19.1 Å². The molecule has 0 spiro atoms. The number of nitrogens with zero attached hydrogens (tertiary/aromatic N) is 1. The minimum Gasteiger partial charge on any atom is -0.456 e. The molecule has 1 saturated heterocycles. The molecule has 6 nitrogen and oxygen atoms in total. The molecular weight excluding hydrogens is 438 g/mol. The van der Waals surface area contributed by atoms with Crippen LogP contribution in [-0.4, -0.2) is 53.1 Å². The predicted octanol–water partition coefficient (Wildman–Crippen LogP) is 3.20. The third-order valence-corrected chi connectivity index (χ3v) is 8.69. The van der Waals surface area contributed by atoms with Crippen LogP contribution in [0.5, 0.6) is 0 Å². The first-order valence-corrected chi connectivity index (χ1v) is 13.0. The Bertz CT molecular complexity index is 1030. The summed E-state index contributed by atoms with van der Waals surface area (Å²) >= 11 is 1.54. The van der Waals surface area contributed by atoms with Crippen molar-refractivity contribution in [3.8, 4) is 0 Å². The van der Waals surface area contributed by atoms with Gasteiger partial charge in [-0.1, -0.05) is 24.3 Å². The van der Waals surface area contributed by atoms with Crippen molar-refractivity contribution in [1.82, 2.24) is 4.90 Å². The highest BCUT2D eigenvalue weighted by Crippen LogP contribution is 2.65. The number of thioether (sulfide) groups is 1. The number of likely N-dealkylation sites (tertiary alicyclic amines) is 1. The highest BCUT2D eigenvalue weighted by Gasteiger charge is 2.68. The molecule has 2 bridgehead atoms. The largest absolute Gasteiger partial charge is 0.456 e. The van der Waals surface area contributed by atoms with Crippen molar-refractivity contribution in [2.45, 2.75) is 32.7 Å². The molecule has 1 heterocycles. The Morgan fingerprint density at radius 2 is 1.70 bits per heavy atom. The smallest absolute Gasteiger partial charge is 0.329 e. The SMILES string of the molecule is CSCC[C@H](C(=O)OCC(=O)c1ccc(C)c(C)c1)N1C(=O)[C@@H]2[C@H]3C=C[C@@H]([C@@H]4C[C@H]34)[C@H]2C1=O. The first-order valence-electron chi connectivity index (χ1n) is 11.6. The molecule has 174 valence electrons. The number of rotatable bonds is 8. The second kappa shape index (κ2) is 8.42. The summed E-state index contributed by atoms with van der Waals surface area (Å²) in [4.78, 5) is 53.7. The predicted molar refractivity (Wildman–Crippen MR) is 125 cm³/mol. The summed E-state index contributed by atoms with van der Waals surface area (Å²) in [7, 11) is 0. The average Bonchev–Trinajstić information content (AvgIpc) is 3.59. The Morgan fingerprint density at radius 1 is 1.06 bits per heavy atom. The zero-order valence-electron chi connectivity index (χ0n) is 19.2. The van der Waals surface area contributed by atoms with Gasteiger partial charge in [-0.3, -0.25) is 19.3 Å². The number of carbonyl (C=O) groups excluding carboxylic acids is 4. The molecule has 5 aliphatic rings. The normalized spacial score (nSPS) is 31.9. The van der Waals surface area contributed by atoms with E-state index >= 15 is 0 Å². The van der Waals surface area contributed by atoms with Gasteiger partial charge in [0.1, 0.15) is 6.04 Å². The maximum atomic E-state index is 13.4. The van der Waals surface area contributed by atoms with E-state index in [4.69, 9.17) is 4.74 Å². The van der Waals surface area contributed by atoms with Gasteiger partial charge in [0.15, 0.2) is 12.4 Å². The quantitative estimate of drug-likeness (QED) is 0.253. The number of amides is 2. The fourth-order valence-corrected chi connectivity index (χ4v) is 6.56. The fraction of sp³-hybridized carbons (Fsp3) is 0.538. The van der Waals surface area contributed by atoms with Crippen molar-refractivity contribution in [3.05, 3.63) is 47.0 Å². The number of esters is 1. The van der Waals surface area contributed by atoms with Crippen molar-refractivity contribution in [2.24, 2.45) is 35.5 Å². The first kappa shape index (κ1) is 22.4. The average molecular weight is 468 g/mol. The summed E-state index contributed by atoms with van der Waals surface area (Å²) in [6, 6.07) is 4.38. The summed E-state index contributed by atoms with van der Waals surface area (Å²) in [5, 5.41) is 0. The Labute approximate surface area is 198 Å². The zero-order valence-corrected chi connectivity index (χ0v) is 20.0. The number of ketones is 1. The molecule has 1 aliphatic heterocycles. The number of hydrogen-bond acceptors (Lipinski definition) is 6. The highest BCUT2D eigenvalue weighted by atomic mass is 32.2. The molecule has 0 radical (unpaired) electrons. The van der Waals surface area contributed by atoms with Crippen LogP contribution in [0.25, 0.3) is 0 Å². The van der Waals surface area contributed by atoms with Gasteiger partial charge < -0.3 is 4.74 Å². The maximum absolute atomic E-state index is 13.4. The van der Waals surface area contributed by atoms with Crippen LogP contribution in [0.3, 0.4) is 0 Å². The number of aryl methyl sites for hydroxylation is 2. The van der Waals surface area contributed by atoms with Crippen LogP contribution in [0.4, 0.5) is 0 Å². The van der Waals surface area contributed by atoms with Gasteiger partial charge in [-0.05, 0) is 79.6 Å². The second-order valence-electron chi connectivity index (χ2n) is 9.83. The summed E-state index contributed by atoms with van der Waals surface area (Å²) in [5.74, 6) is -0.321. The van der Waals surface area contributed by atoms with Gasteiger partial charge in [0.2, 0.25) is 11.8 Å². The van der Waals surface area contributed by atoms with Crippen molar-refractivity contribution in [1.29, 1.82) is 0 Å². The second-order valence-corrected chi connectivity index (χ2v) is 10.8. The number of carbonyl (C=O) groups is 4. The van der Waals surface area contributed by atoms with E-state index < -0.39 is 18.6 Å². The van der Waals surface area contributed by atoms with Gasteiger partial charge in [-0.15, -0.1) is 0 Å². The fourth-order valence-electron chi connectivity index (χ4n) is 6.10. The number of Topliss-reactive ketones (excluding diaryl/α,β-unsaturated/α-hetero) is 1. The standard InChI is InChI=1S/C26H29NO5S/c1-13-4-5-15(10-14(13)2)21(28)12-32-26(31)20(8-9-33-3)27-24(29)22-16-6-7-17(19-11-18(16)19)23(22)25(27)30/h4-7,10,16-20,22-23H,8-9,11-12H2,1-3H3/t16-,17-,18-,19+,20+,22+,23+/m0/s1. The van der Waals surface area contributed by atoms with Crippen LogP contribution in [0, 0.1) is 49.4 Å². The van der Waals surface area contributed by atoms with Gasteiger partial charge in [0.25, 0.3) is 0 Å². The van der Waals surface area contributed by atoms with Crippen molar-refractivity contribution in [3.63, 3.8) is 0 Å². The van der Waals surface area contributed by atoms with E-state index in [9.17, 15) is 19.2 Å². The van der Waals surface area contributed by atoms with E-state index in [0.29, 0.717) is 29.6 Å². The van der Waals surface area contributed by atoms with E-state index in [1.807, 2.05) is 26.2 Å². The van der Waals surface area contributed by atoms with Crippen LogP contribution in [0.15, 0.2) is 30.4 Å². The summed E-state index contributed by atoms with van der Waals surface area (Å²) in [6.07, 6.45) is 7.56.